The van der Waals surface area contributed by atoms with Crippen LogP contribution in [0.1, 0.15) is 0 Å². The van der Waals surface area contributed by atoms with Gasteiger partial charge in [-0.05, 0) is 24.3 Å². The molecule has 0 saturated heterocycles. The van der Waals surface area contributed by atoms with Crippen molar-refractivity contribution in [1.82, 2.24) is 4.98 Å². The number of hydrogen-bond donors (Lipinski definition) is 2. The molecule has 0 amide bonds. The minimum Gasteiger partial charge on any atom is -0.399 e. The maximum absolute atomic E-state index is 6.01. The number of hydrogen-bond acceptors (Lipinski definition) is 3. The first kappa shape index (κ1) is 11.0. The molecule has 0 bridgehead atoms. The third-order valence-electron chi connectivity index (χ3n) is 1.98. The molecule has 0 fully saturated rings. The molecule has 0 spiro atoms. The Kier molecular flexibility index (Phi) is 3.17. The first-order valence-electron chi connectivity index (χ1n) is 4.59. The van der Waals surface area contributed by atoms with Crippen LogP contribution in [0.25, 0.3) is 0 Å². The molecule has 1 aromatic heterocycles. The normalized spacial score (nSPS) is 10.1. The van der Waals surface area contributed by atoms with Gasteiger partial charge in [0.1, 0.15) is 5.82 Å². The van der Waals surface area contributed by atoms with E-state index in [-0.39, 0.29) is 0 Å². The Morgan fingerprint density at radius 3 is 2.69 bits per heavy atom. The second-order valence-corrected chi connectivity index (χ2v) is 4.07. The molecule has 0 atom stereocenters. The van der Waals surface area contributed by atoms with Crippen LogP contribution in [0.3, 0.4) is 0 Å². The van der Waals surface area contributed by atoms with Gasteiger partial charge in [-0.15, -0.1) is 0 Å². The highest BCUT2D eigenvalue weighted by molar-refractivity contribution is 6.35. The predicted octanol–water partition coefficient (Wildman–Crippen LogP) is 3.71. The summed E-state index contributed by atoms with van der Waals surface area (Å²) < 4.78 is 0. The summed E-state index contributed by atoms with van der Waals surface area (Å²) in [4.78, 5) is 4.11. The number of aromatic nitrogens is 1. The van der Waals surface area contributed by atoms with Crippen LogP contribution in [0.5, 0.6) is 0 Å². The van der Waals surface area contributed by atoms with Gasteiger partial charge in [0, 0.05) is 23.0 Å². The van der Waals surface area contributed by atoms with E-state index in [0.717, 1.165) is 0 Å². The van der Waals surface area contributed by atoms with E-state index in [4.69, 9.17) is 28.9 Å². The number of nitrogens with zero attached hydrogens (tertiary/aromatic N) is 1. The Morgan fingerprint density at radius 2 is 1.94 bits per heavy atom. The third kappa shape index (κ3) is 2.56. The maximum Gasteiger partial charge on any atom is 0.132 e. The van der Waals surface area contributed by atoms with Crippen molar-refractivity contribution in [1.29, 1.82) is 0 Å². The Labute approximate surface area is 103 Å². The smallest absolute Gasteiger partial charge is 0.132 e. The van der Waals surface area contributed by atoms with Gasteiger partial charge in [0.25, 0.3) is 0 Å². The first-order valence-corrected chi connectivity index (χ1v) is 5.34. The molecule has 3 nitrogen and oxygen atoms in total. The molecule has 5 heteroatoms. The van der Waals surface area contributed by atoms with Crippen molar-refractivity contribution in [2.45, 2.75) is 0 Å². The van der Waals surface area contributed by atoms with E-state index < -0.39 is 0 Å². The summed E-state index contributed by atoms with van der Waals surface area (Å²) in [6.07, 6.45) is 1.62. The lowest BCUT2D eigenvalue weighted by Crippen LogP contribution is -1.95. The van der Waals surface area contributed by atoms with Gasteiger partial charge in [-0.3, -0.25) is 0 Å². The lowest BCUT2D eigenvalue weighted by molar-refractivity contribution is 1.31. The zero-order chi connectivity index (χ0) is 11.5. The van der Waals surface area contributed by atoms with Crippen molar-refractivity contribution in [3.63, 3.8) is 0 Å². The zero-order valence-electron chi connectivity index (χ0n) is 8.24. The van der Waals surface area contributed by atoms with Gasteiger partial charge >= 0.3 is 0 Å². The fourth-order valence-electron chi connectivity index (χ4n) is 1.25. The second-order valence-electron chi connectivity index (χ2n) is 3.22. The van der Waals surface area contributed by atoms with E-state index in [1.165, 1.54) is 0 Å². The van der Waals surface area contributed by atoms with Crippen molar-refractivity contribution in [3.05, 3.63) is 46.6 Å². The topological polar surface area (TPSA) is 50.9 Å². The second kappa shape index (κ2) is 4.60. The molecule has 2 rings (SSSR count). The van der Waals surface area contributed by atoms with Gasteiger partial charge in [-0.2, -0.15) is 0 Å². The summed E-state index contributed by atoms with van der Waals surface area (Å²) in [6.45, 7) is 0. The highest BCUT2D eigenvalue weighted by Crippen LogP contribution is 2.28. The standard InChI is InChI=1S/C11H9Cl2N3/c12-7-1-2-9(13)10(5-7)16-11-6-8(14)3-4-15-11/h1-6H,(H3,14,15,16). The molecular formula is C11H9Cl2N3. The van der Waals surface area contributed by atoms with E-state index in [1.54, 1.807) is 36.5 Å². The van der Waals surface area contributed by atoms with E-state index in [2.05, 4.69) is 10.3 Å². The predicted molar refractivity (Wildman–Crippen MR) is 68.4 cm³/mol. The van der Waals surface area contributed by atoms with Gasteiger partial charge in [-0.1, -0.05) is 23.2 Å². The quantitative estimate of drug-likeness (QED) is 0.858. The molecule has 0 unspecified atom stereocenters. The lowest BCUT2D eigenvalue weighted by atomic mass is 10.3. The van der Waals surface area contributed by atoms with Crippen LogP contribution in [0, 0.1) is 0 Å². The first-order chi connectivity index (χ1) is 7.65. The van der Waals surface area contributed by atoms with Gasteiger partial charge in [0.15, 0.2) is 0 Å². The van der Waals surface area contributed by atoms with Crippen LogP contribution in [0.15, 0.2) is 36.5 Å². The van der Waals surface area contributed by atoms with Crippen molar-refractivity contribution < 1.29 is 0 Å². The molecule has 0 saturated carbocycles. The molecule has 0 aliphatic carbocycles. The fraction of sp³-hybridized carbons (Fsp3) is 0. The van der Waals surface area contributed by atoms with Gasteiger partial charge in [0.2, 0.25) is 0 Å². The fourth-order valence-corrected chi connectivity index (χ4v) is 1.58. The minimum atomic E-state index is 0.577. The van der Waals surface area contributed by atoms with Crippen molar-refractivity contribution >= 4 is 40.4 Å². The molecule has 82 valence electrons. The van der Waals surface area contributed by atoms with Gasteiger partial charge in [-0.25, -0.2) is 4.98 Å². The molecule has 0 aliphatic heterocycles. The van der Waals surface area contributed by atoms with Crippen LogP contribution in [-0.2, 0) is 0 Å². The molecule has 1 heterocycles. The van der Waals surface area contributed by atoms with Crippen LogP contribution in [-0.4, -0.2) is 4.98 Å². The summed E-state index contributed by atoms with van der Waals surface area (Å²) >= 11 is 11.9. The number of nitrogen functional groups attached to an aromatic ring is 1. The number of halogens is 2. The summed E-state index contributed by atoms with van der Waals surface area (Å²) in [5.74, 6) is 0.629. The monoisotopic (exact) mass is 253 g/mol. The summed E-state index contributed by atoms with van der Waals surface area (Å²) in [7, 11) is 0. The number of nitrogens with one attached hydrogen (secondary N) is 1. The number of nitrogens with two attached hydrogens (primary N) is 1. The molecule has 16 heavy (non-hydrogen) atoms. The Morgan fingerprint density at radius 1 is 1.12 bits per heavy atom. The summed E-state index contributed by atoms with van der Waals surface area (Å²) in [5, 5.41) is 4.23. The molecule has 1 aromatic carbocycles. The van der Waals surface area contributed by atoms with Crippen LogP contribution < -0.4 is 11.1 Å². The van der Waals surface area contributed by atoms with Crippen LogP contribution in [0.4, 0.5) is 17.2 Å². The van der Waals surface area contributed by atoms with E-state index in [1.807, 2.05) is 0 Å². The van der Waals surface area contributed by atoms with E-state index in [9.17, 15) is 0 Å². The van der Waals surface area contributed by atoms with E-state index >= 15 is 0 Å². The van der Waals surface area contributed by atoms with Crippen molar-refractivity contribution in [3.8, 4) is 0 Å². The summed E-state index contributed by atoms with van der Waals surface area (Å²) in [5.41, 5.74) is 6.98. The SMILES string of the molecule is Nc1ccnc(Nc2cc(Cl)ccc2Cl)c1. The zero-order valence-corrected chi connectivity index (χ0v) is 9.76. The number of anilines is 3. The molecule has 3 N–H and O–H groups in total. The van der Waals surface area contributed by atoms with Crippen molar-refractivity contribution in [2.24, 2.45) is 0 Å². The van der Waals surface area contributed by atoms with Gasteiger partial charge in [0.05, 0.1) is 10.7 Å². The van der Waals surface area contributed by atoms with Gasteiger partial charge < -0.3 is 11.1 Å². The minimum absolute atomic E-state index is 0.577. The molecule has 2 aromatic rings. The van der Waals surface area contributed by atoms with Crippen molar-refractivity contribution in [2.75, 3.05) is 11.1 Å². The molecular weight excluding hydrogens is 245 g/mol. The number of pyridine rings is 1. The largest absolute Gasteiger partial charge is 0.399 e. The van der Waals surface area contributed by atoms with Crippen LogP contribution in [0.2, 0.25) is 10.0 Å². The van der Waals surface area contributed by atoms with E-state index in [0.29, 0.717) is 27.2 Å². The molecule has 0 radical (unpaired) electrons. The highest BCUT2D eigenvalue weighted by Gasteiger charge is 2.02. The number of benzene rings is 1. The molecule has 0 aliphatic rings. The average Bonchev–Trinajstić information content (AvgIpc) is 2.24. The highest BCUT2D eigenvalue weighted by atomic mass is 35.5. The Balaban J connectivity index is 2.30. The maximum atomic E-state index is 6.01. The third-order valence-corrected chi connectivity index (χ3v) is 2.54. The van der Waals surface area contributed by atoms with Crippen LogP contribution >= 0.6 is 23.2 Å². The Bertz CT molecular complexity index is 514. The average molecular weight is 254 g/mol. The lowest BCUT2D eigenvalue weighted by Gasteiger charge is -2.08. The summed E-state index contributed by atoms with van der Waals surface area (Å²) in [6, 6.07) is 8.61. The number of rotatable bonds is 2. The Hall–Kier alpha value is -1.45.